The summed E-state index contributed by atoms with van der Waals surface area (Å²) in [6, 6.07) is 63.0. The Kier molecular flexibility index (Phi) is 6.27. The molecule has 250 valence electrons. The first-order chi connectivity index (χ1) is 26.8. The Morgan fingerprint density at radius 3 is 0.963 bits per heavy atom. The fourth-order valence-electron chi connectivity index (χ4n) is 10.3. The predicted molar refractivity (Wildman–Crippen MR) is 229 cm³/mol. The third kappa shape index (κ3) is 4.08. The summed E-state index contributed by atoms with van der Waals surface area (Å²) in [6.45, 7) is 0. The maximum Gasteiger partial charge on any atom is 0.0211 e. The van der Waals surface area contributed by atoms with Crippen LogP contribution in [-0.4, -0.2) is 0 Å². The minimum Gasteiger partial charge on any atom is -0.0622 e. The Bertz CT molecular complexity index is 2820. The average molecular weight is 683 g/mol. The van der Waals surface area contributed by atoms with Crippen molar-refractivity contribution in [2.45, 2.75) is 0 Å². The zero-order valence-corrected chi connectivity index (χ0v) is 29.6. The molecule has 4 aliphatic carbocycles. The second kappa shape index (κ2) is 11.4. The van der Waals surface area contributed by atoms with Crippen molar-refractivity contribution < 1.29 is 0 Å². The predicted octanol–water partition coefficient (Wildman–Crippen LogP) is 14.2. The summed E-state index contributed by atoms with van der Waals surface area (Å²) < 4.78 is 0. The molecule has 0 atom stereocenters. The molecule has 4 aliphatic rings. The van der Waals surface area contributed by atoms with E-state index in [9.17, 15) is 0 Å². The Labute approximate surface area is 315 Å². The highest BCUT2D eigenvalue weighted by molar-refractivity contribution is 6.25. The molecular weight excluding hydrogens is 649 g/mol. The summed E-state index contributed by atoms with van der Waals surface area (Å²) in [6.07, 6.45) is 9.73. The van der Waals surface area contributed by atoms with E-state index in [1.54, 1.807) is 0 Å². The fraction of sp³-hybridized carbons (Fsp3) is 0.0370. The minimum atomic E-state index is 0.318. The third-order valence-corrected chi connectivity index (χ3v) is 12.5. The van der Waals surface area contributed by atoms with Crippen LogP contribution in [0.1, 0.15) is 22.3 Å². The van der Waals surface area contributed by atoms with E-state index in [2.05, 4.69) is 194 Å². The highest BCUT2D eigenvalue weighted by atomic mass is 14.5. The van der Waals surface area contributed by atoms with Crippen LogP contribution in [0.5, 0.6) is 0 Å². The lowest BCUT2D eigenvalue weighted by Gasteiger charge is -2.30. The van der Waals surface area contributed by atoms with Gasteiger partial charge in [-0.2, -0.15) is 0 Å². The first-order valence-electron chi connectivity index (χ1n) is 19.1. The molecule has 0 aromatic heterocycles. The van der Waals surface area contributed by atoms with E-state index in [0.29, 0.717) is 11.8 Å². The van der Waals surface area contributed by atoms with Crippen molar-refractivity contribution in [3.63, 3.8) is 0 Å². The van der Waals surface area contributed by atoms with Crippen molar-refractivity contribution in [1.82, 2.24) is 0 Å². The number of hydrogen-bond acceptors (Lipinski definition) is 0. The maximum atomic E-state index is 2.56. The van der Waals surface area contributed by atoms with Crippen LogP contribution in [0, 0.1) is 11.8 Å². The van der Waals surface area contributed by atoms with Gasteiger partial charge < -0.3 is 0 Å². The van der Waals surface area contributed by atoms with E-state index in [0.717, 1.165) is 0 Å². The van der Waals surface area contributed by atoms with E-state index < -0.39 is 0 Å². The van der Waals surface area contributed by atoms with E-state index in [4.69, 9.17) is 0 Å². The van der Waals surface area contributed by atoms with E-state index in [1.807, 2.05) is 0 Å². The first-order valence-corrected chi connectivity index (χ1v) is 19.1. The monoisotopic (exact) mass is 682 g/mol. The Morgan fingerprint density at radius 1 is 0.241 bits per heavy atom. The molecule has 0 saturated heterocycles. The van der Waals surface area contributed by atoms with Crippen molar-refractivity contribution in [1.29, 1.82) is 0 Å². The van der Waals surface area contributed by atoms with Crippen molar-refractivity contribution in [3.8, 4) is 44.5 Å². The molecule has 0 N–H and O–H groups in total. The molecule has 0 unspecified atom stereocenters. The van der Waals surface area contributed by atoms with Gasteiger partial charge in [-0.25, -0.2) is 0 Å². The standard InChI is InChI=1S/C54H34/c1-3-15-33(16-4-1)35-19-7-11-23-39(35)51-41-25-13-14-26-42(41)52(40-24-12-8-20-36(40)34-17-5-2-6-18-34)50-32-48-46-30-28-44-38-22-10-9-21-37(38)43-27-29-45(54(46)53(43)44)47(48)31-49(50)51/h1-32,53-54H. The molecule has 0 amide bonds. The SMILES string of the molecule is C1=C2c3ccccc3C3=CC=C4c5cc6c(-c7ccccc7-c7ccccc7)c7ccccc7c(-c7ccccc7-c7ccccc7)c6cc5C(=C1)C4C23. The topological polar surface area (TPSA) is 0 Å². The number of rotatable bonds is 4. The number of allylic oxidation sites excluding steroid dienone is 8. The van der Waals surface area contributed by atoms with Crippen LogP contribution < -0.4 is 0 Å². The molecule has 0 radical (unpaired) electrons. The highest BCUT2D eigenvalue weighted by Gasteiger charge is 2.47. The Balaban J connectivity index is 1.22. The molecule has 0 heteroatoms. The maximum absolute atomic E-state index is 2.56. The summed E-state index contributed by atoms with van der Waals surface area (Å²) >= 11 is 0. The van der Waals surface area contributed by atoms with Crippen LogP contribution in [0.25, 0.3) is 88.3 Å². The number of benzene rings is 8. The molecule has 0 aliphatic heterocycles. The van der Waals surface area contributed by atoms with Gasteiger partial charge in [-0.15, -0.1) is 0 Å². The van der Waals surface area contributed by atoms with Crippen LogP contribution in [0.3, 0.4) is 0 Å². The molecule has 0 fully saturated rings. The summed E-state index contributed by atoms with van der Waals surface area (Å²) in [5.41, 5.74) is 21.4. The summed E-state index contributed by atoms with van der Waals surface area (Å²) in [7, 11) is 0. The molecule has 0 bridgehead atoms. The lowest BCUT2D eigenvalue weighted by atomic mass is 9.72. The van der Waals surface area contributed by atoms with Crippen molar-refractivity contribution in [3.05, 3.63) is 216 Å². The first kappa shape index (κ1) is 29.8. The lowest BCUT2D eigenvalue weighted by Crippen LogP contribution is -2.17. The van der Waals surface area contributed by atoms with Crippen LogP contribution in [0.4, 0.5) is 0 Å². The van der Waals surface area contributed by atoms with Crippen LogP contribution in [0.2, 0.25) is 0 Å². The molecule has 12 rings (SSSR count). The van der Waals surface area contributed by atoms with Gasteiger partial charge in [0.1, 0.15) is 0 Å². The minimum absolute atomic E-state index is 0.318. The number of fused-ring (bicyclic) bond motifs is 8. The molecule has 8 aromatic rings. The second-order valence-electron chi connectivity index (χ2n) is 15.1. The van der Waals surface area contributed by atoms with Crippen LogP contribution in [0.15, 0.2) is 194 Å². The van der Waals surface area contributed by atoms with Gasteiger partial charge >= 0.3 is 0 Å². The van der Waals surface area contributed by atoms with Crippen molar-refractivity contribution in [2.75, 3.05) is 0 Å². The normalized spacial score (nSPS) is 17.3. The zero-order chi connectivity index (χ0) is 35.3. The van der Waals surface area contributed by atoms with Gasteiger partial charge in [-0.1, -0.05) is 182 Å². The molecular formula is C54H34. The van der Waals surface area contributed by atoms with Crippen LogP contribution in [-0.2, 0) is 0 Å². The lowest BCUT2D eigenvalue weighted by molar-refractivity contribution is 0.758. The molecule has 0 nitrogen and oxygen atoms in total. The van der Waals surface area contributed by atoms with E-state index in [-0.39, 0.29) is 0 Å². The summed E-state index contributed by atoms with van der Waals surface area (Å²) in [5.74, 6) is 0.673. The van der Waals surface area contributed by atoms with E-state index >= 15 is 0 Å². The van der Waals surface area contributed by atoms with Gasteiger partial charge in [0.25, 0.3) is 0 Å². The van der Waals surface area contributed by atoms with Crippen LogP contribution >= 0.6 is 0 Å². The third-order valence-electron chi connectivity index (χ3n) is 12.5. The average Bonchev–Trinajstić information content (AvgIpc) is 3.74. The molecule has 54 heavy (non-hydrogen) atoms. The van der Waals surface area contributed by atoms with Gasteiger partial charge in [0.2, 0.25) is 0 Å². The van der Waals surface area contributed by atoms with Gasteiger partial charge in [0, 0.05) is 11.8 Å². The summed E-state index contributed by atoms with van der Waals surface area (Å²) in [5, 5.41) is 5.14. The van der Waals surface area contributed by atoms with Gasteiger partial charge in [0.15, 0.2) is 0 Å². The quantitative estimate of drug-likeness (QED) is 0.162. The second-order valence-corrected chi connectivity index (χ2v) is 15.1. The Morgan fingerprint density at radius 2 is 0.556 bits per heavy atom. The van der Waals surface area contributed by atoms with Crippen molar-refractivity contribution in [2.24, 2.45) is 11.8 Å². The highest BCUT2D eigenvalue weighted by Crippen LogP contribution is 2.63. The largest absolute Gasteiger partial charge is 0.0622 e. The Hall–Kier alpha value is -6.76. The van der Waals surface area contributed by atoms with Gasteiger partial charge in [-0.05, 0) is 123 Å². The van der Waals surface area contributed by atoms with Gasteiger partial charge in [-0.3, -0.25) is 0 Å². The molecule has 0 saturated carbocycles. The van der Waals surface area contributed by atoms with E-state index in [1.165, 1.54) is 111 Å². The summed E-state index contributed by atoms with van der Waals surface area (Å²) in [4.78, 5) is 0. The molecule has 0 heterocycles. The fourth-order valence-corrected chi connectivity index (χ4v) is 10.3. The van der Waals surface area contributed by atoms with Crippen molar-refractivity contribution >= 4 is 43.8 Å². The zero-order valence-electron chi connectivity index (χ0n) is 29.6. The number of hydrogen-bond donors (Lipinski definition) is 0. The smallest absolute Gasteiger partial charge is 0.0211 e. The molecule has 8 aromatic carbocycles. The van der Waals surface area contributed by atoms with Gasteiger partial charge in [0.05, 0.1) is 0 Å². The molecule has 0 spiro atoms.